The van der Waals surface area contributed by atoms with Gasteiger partial charge >= 0.3 is 5.97 Å². The van der Waals surface area contributed by atoms with E-state index in [0.717, 1.165) is 11.3 Å². The summed E-state index contributed by atoms with van der Waals surface area (Å²) in [7, 11) is 1.52. The number of methoxy groups -OCH3 is 1. The molecule has 1 aromatic heterocycles. The van der Waals surface area contributed by atoms with Crippen molar-refractivity contribution < 1.29 is 24.1 Å². The van der Waals surface area contributed by atoms with Gasteiger partial charge in [0.1, 0.15) is 5.75 Å². The lowest BCUT2D eigenvalue weighted by Gasteiger charge is -2.26. The van der Waals surface area contributed by atoms with Crippen molar-refractivity contribution in [2.24, 2.45) is 4.99 Å². The van der Waals surface area contributed by atoms with Gasteiger partial charge < -0.3 is 19.3 Å². The molecular formula is C26H23Br2ClN2O6S. The summed E-state index contributed by atoms with van der Waals surface area (Å²) in [5.41, 5.74) is 1.20. The van der Waals surface area contributed by atoms with Crippen LogP contribution in [-0.4, -0.2) is 36.0 Å². The largest absolute Gasteiger partial charge is 0.506 e. The second kappa shape index (κ2) is 11.6. The Morgan fingerprint density at radius 2 is 1.95 bits per heavy atom. The molecular weight excluding hydrogens is 664 g/mol. The quantitative estimate of drug-likeness (QED) is 0.348. The summed E-state index contributed by atoms with van der Waals surface area (Å²) in [5.74, 6) is 0.223. The second-order valence-electron chi connectivity index (χ2n) is 8.09. The second-order valence-corrected chi connectivity index (χ2v) is 11.3. The molecule has 3 aromatic rings. The van der Waals surface area contributed by atoms with Gasteiger partial charge in [0, 0.05) is 14.5 Å². The van der Waals surface area contributed by atoms with Crippen molar-refractivity contribution in [2.45, 2.75) is 26.8 Å². The Hall–Kier alpha value is -2.60. The molecule has 0 spiro atoms. The Morgan fingerprint density at radius 3 is 2.61 bits per heavy atom. The van der Waals surface area contributed by atoms with E-state index in [9.17, 15) is 14.7 Å². The highest BCUT2D eigenvalue weighted by Gasteiger charge is 2.35. The van der Waals surface area contributed by atoms with Gasteiger partial charge in [-0.25, -0.2) is 9.79 Å². The minimum Gasteiger partial charge on any atom is -0.506 e. The molecule has 38 heavy (non-hydrogen) atoms. The first kappa shape index (κ1) is 28.4. The lowest BCUT2D eigenvalue weighted by atomic mass is 9.95. The first-order valence-electron chi connectivity index (χ1n) is 11.5. The number of phenolic OH excluding ortho intramolecular Hbond substituents is 1. The van der Waals surface area contributed by atoms with E-state index in [4.69, 9.17) is 25.8 Å². The molecule has 4 rings (SSSR count). The highest BCUT2D eigenvalue weighted by molar-refractivity contribution is 9.10. The van der Waals surface area contributed by atoms with Gasteiger partial charge in [0.15, 0.2) is 16.3 Å². The fourth-order valence-electron chi connectivity index (χ4n) is 4.11. The Bertz CT molecular complexity index is 1650. The van der Waals surface area contributed by atoms with E-state index in [0.29, 0.717) is 53.2 Å². The zero-order valence-electron chi connectivity index (χ0n) is 20.8. The number of hydrogen-bond acceptors (Lipinski definition) is 8. The third-order valence-electron chi connectivity index (χ3n) is 5.74. The topological polar surface area (TPSA) is 99.4 Å². The van der Waals surface area contributed by atoms with Crippen LogP contribution in [-0.2, 0) is 9.53 Å². The predicted octanol–water partition coefficient (Wildman–Crippen LogP) is 5.09. The molecule has 0 saturated heterocycles. The number of carbonyl (C=O) groups excluding carboxylic acids is 1. The molecule has 12 heteroatoms. The number of ether oxygens (including phenoxy) is 3. The van der Waals surface area contributed by atoms with Crippen LogP contribution in [0.25, 0.3) is 6.08 Å². The van der Waals surface area contributed by atoms with Gasteiger partial charge in [-0.05, 0) is 56.7 Å². The molecule has 0 bridgehead atoms. The van der Waals surface area contributed by atoms with Crippen LogP contribution in [0.2, 0.25) is 5.02 Å². The molecule has 0 radical (unpaired) electrons. The molecule has 0 aliphatic carbocycles. The molecule has 1 N–H and O–H groups in total. The zero-order valence-corrected chi connectivity index (χ0v) is 25.5. The average molecular weight is 687 g/mol. The van der Waals surface area contributed by atoms with Crippen molar-refractivity contribution in [1.82, 2.24) is 4.57 Å². The van der Waals surface area contributed by atoms with Crippen LogP contribution in [0, 0.1) is 0 Å². The van der Waals surface area contributed by atoms with Crippen LogP contribution in [0.1, 0.15) is 37.9 Å². The van der Waals surface area contributed by atoms with E-state index in [1.54, 1.807) is 44.2 Å². The fraction of sp³-hybridized carbons (Fsp3) is 0.269. The first-order valence-corrected chi connectivity index (χ1v) is 14.3. The van der Waals surface area contributed by atoms with Crippen molar-refractivity contribution in [3.8, 4) is 17.2 Å². The molecule has 1 aliphatic heterocycles. The molecule has 0 saturated carbocycles. The number of aromatic nitrogens is 1. The van der Waals surface area contributed by atoms with Crippen molar-refractivity contribution >= 4 is 66.8 Å². The maximum Gasteiger partial charge on any atom is 0.338 e. The predicted molar refractivity (Wildman–Crippen MR) is 153 cm³/mol. The number of nitrogens with zero attached hydrogens (tertiary/aromatic N) is 2. The van der Waals surface area contributed by atoms with Crippen LogP contribution in [0.15, 0.2) is 54.3 Å². The van der Waals surface area contributed by atoms with Crippen molar-refractivity contribution in [2.75, 3.05) is 20.3 Å². The molecule has 0 unspecified atom stereocenters. The number of esters is 1. The molecule has 1 aliphatic rings. The first-order chi connectivity index (χ1) is 18.1. The number of hydrogen-bond donors (Lipinski definition) is 1. The molecule has 8 nitrogen and oxygen atoms in total. The lowest BCUT2D eigenvalue weighted by Crippen LogP contribution is -2.40. The summed E-state index contributed by atoms with van der Waals surface area (Å²) in [4.78, 5) is 32.0. The van der Waals surface area contributed by atoms with Gasteiger partial charge in [-0.15, -0.1) is 0 Å². The standard InChI is InChI=1S/C26H23Br2ClN2O6S/c1-5-36-19-11-16(28)15(10-18(19)35-4)22-21(25(34)37-6-2)12(3)30-26-31(22)24(33)20(38-26)8-13-7-14(27)9-17(29)23(13)32/h7-11,22,32H,5-6H2,1-4H3/b20-8+/t22-/m0/s1. The highest BCUT2D eigenvalue weighted by Crippen LogP contribution is 2.41. The third kappa shape index (κ3) is 5.29. The van der Waals surface area contributed by atoms with Crippen LogP contribution < -0.4 is 24.4 Å². The monoisotopic (exact) mass is 684 g/mol. The number of fused-ring (bicyclic) bond motifs is 1. The number of allylic oxidation sites excluding steroid dienone is 1. The van der Waals surface area contributed by atoms with E-state index in [2.05, 4.69) is 36.9 Å². The summed E-state index contributed by atoms with van der Waals surface area (Å²) >= 11 is 14.2. The van der Waals surface area contributed by atoms with Gasteiger partial charge in [-0.3, -0.25) is 9.36 Å². The number of benzene rings is 2. The van der Waals surface area contributed by atoms with Crippen molar-refractivity contribution in [3.63, 3.8) is 0 Å². The van der Waals surface area contributed by atoms with E-state index < -0.39 is 17.6 Å². The number of halogens is 3. The number of phenols is 1. The Kier molecular flexibility index (Phi) is 8.71. The van der Waals surface area contributed by atoms with Crippen LogP contribution >= 0.6 is 54.8 Å². The Labute approximate surface area is 244 Å². The molecule has 2 heterocycles. The van der Waals surface area contributed by atoms with E-state index >= 15 is 0 Å². The van der Waals surface area contributed by atoms with Gasteiger partial charge in [-0.1, -0.05) is 54.8 Å². The van der Waals surface area contributed by atoms with E-state index in [1.165, 1.54) is 11.7 Å². The van der Waals surface area contributed by atoms with E-state index in [-0.39, 0.29) is 23.0 Å². The van der Waals surface area contributed by atoms with E-state index in [1.807, 2.05) is 6.92 Å². The molecule has 0 fully saturated rings. The minimum atomic E-state index is -0.869. The lowest BCUT2D eigenvalue weighted by molar-refractivity contribution is -0.139. The van der Waals surface area contributed by atoms with Crippen LogP contribution in [0.3, 0.4) is 0 Å². The highest BCUT2D eigenvalue weighted by atomic mass is 79.9. The summed E-state index contributed by atoms with van der Waals surface area (Å²) in [6.45, 7) is 5.86. The number of rotatable bonds is 7. The van der Waals surface area contributed by atoms with Gasteiger partial charge in [-0.2, -0.15) is 0 Å². The average Bonchev–Trinajstić information content (AvgIpc) is 3.16. The number of carbonyl (C=O) groups is 1. The third-order valence-corrected chi connectivity index (χ3v) is 8.15. The maximum absolute atomic E-state index is 13.9. The molecule has 1 atom stereocenters. The van der Waals surface area contributed by atoms with Gasteiger partial charge in [0.2, 0.25) is 0 Å². The maximum atomic E-state index is 13.9. The normalized spacial score (nSPS) is 15.2. The minimum absolute atomic E-state index is 0.141. The Balaban J connectivity index is 2.02. The summed E-state index contributed by atoms with van der Waals surface area (Å²) in [5, 5.41) is 10.6. The molecule has 200 valence electrons. The van der Waals surface area contributed by atoms with Gasteiger partial charge in [0.25, 0.3) is 5.56 Å². The van der Waals surface area contributed by atoms with Gasteiger partial charge in [0.05, 0.1) is 47.2 Å². The van der Waals surface area contributed by atoms with Crippen LogP contribution in [0.4, 0.5) is 0 Å². The SMILES string of the molecule is CCOC(=O)C1=C(C)N=c2s/c(=C/c3cc(Br)cc(Cl)c3O)c(=O)n2[C@H]1c1cc(OC)c(OCC)cc1Br. The summed E-state index contributed by atoms with van der Waals surface area (Å²) in [6.07, 6.45) is 1.55. The fourth-order valence-corrected chi connectivity index (χ4v) is 6.52. The van der Waals surface area contributed by atoms with Crippen LogP contribution in [0.5, 0.6) is 17.2 Å². The number of thiazole rings is 1. The molecule has 2 aromatic carbocycles. The summed E-state index contributed by atoms with van der Waals surface area (Å²) < 4.78 is 19.6. The Morgan fingerprint density at radius 1 is 1.21 bits per heavy atom. The van der Waals surface area contributed by atoms with Crippen molar-refractivity contribution in [1.29, 1.82) is 0 Å². The summed E-state index contributed by atoms with van der Waals surface area (Å²) in [6, 6.07) is 5.81. The zero-order chi connectivity index (χ0) is 27.7. The van der Waals surface area contributed by atoms with Crippen molar-refractivity contribution in [3.05, 3.63) is 80.3 Å². The molecule has 0 amide bonds. The smallest absolute Gasteiger partial charge is 0.338 e. The number of aromatic hydroxyl groups is 1.